The van der Waals surface area contributed by atoms with Crippen LogP contribution < -0.4 is 4.74 Å². The van der Waals surface area contributed by atoms with Crippen molar-refractivity contribution in [3.8, 4) is 5.88 Å². The molecule has 23 heavy (non-hydrogen) atoms. The van der Waals surface area contributed by atoms with E-state index < -0.39 is 15.1 Å². The smallest absolute Gasteiger partial charge is 0.259 e. The number of rotatable bonds is 4. The third kappa shape index (κ3) is 3.06. The summed E-state index contributed by atoms with van der Waals surface area (Å²) in [7, 11) is -1.67. The van der Waals surface area contributed by atoms with Gasteiger partial charge in [-0.25, -0.2) is 13.4 Å². The number of pyridine rings is 1. The van der Waals surface area contributed by atoms with Gasteiger partial charge in [0.2, 0.25) is 5.88 Å². The predicted octanol–water partition coefficient (Wildman–Crippen LogP) is 1.66. The second-order valence-electron chi connectivity index (χ2n) is 6.24. The minimum atomic E-state index is -3.13. The van der Waals surface area contributed by atoms with Crippen molar-refractivity contribution in [3.63, 3.8) is 0 Å². The Morgan fingerprint density at radius 3 is 2.57 bits per heavy atom. The van der Waals surface area contributed by atoms with Crippen LogP contribution in [-0.4, -0.2) is 54.9 Å². The van der Waals surface area contributed by atoms with Gasteiger partial charge in [0.25, 0.3) is 5.91 Å². The van der Waals surface area contributed by atoms with Crippen LogP contribution in [0.4, 0.5) is 0 Å². The number of methoxy groups -OCH3 is 1. The van der Waals surface area contributed by atoms with Crippen molar-refractivity contribution in [1.82, 2.24) is 9.88 Å². The monoisotopic (exact) mass is 338 g/mol. The predicted molar refractivity (Wildman–Crippen MR) is 86.3 cm³/mol. The van der Waals surface area contributed by atoms with Gasteiger partial charge in [0.15, 0.2) is 9.84 Å². The lowest BCUT2D eigenvalue weighted by molar-refractivity contribution is 0.0653. The van der Waals surface area contributed by atoms with E-state index >= 15 is 0 Å². The van der Waals surface area contributed by atoms with Crippen LogP contribution in [0.1, 0.15) is 42.5 Å². The fourth-order valence-corrected chi connectivity index (χ4v) is 5.67. The Morgan fingerprint density at radius 1 is 1.22 bits per heavy atom. The molecule has 1 saturated heterocycles. The van der Waals surface area contributed by atoms with Crippen LogP contribution in [0.3, 0.4) is 0 Å². The van der Waals surface area contributed by atoms with E-state index in [-0.39, 0.29) is 30.1 Å². The molecule has 126 valence electrons. The van der Waals surface area contributed by atoms with Crippen LogP contribution in [0, 0.1) is 0 Å². The van der Waals surface area contributed by atoms with Crippen molar-refractivity contribution in [3.05, 3.63) is 23.9 Å². The van der Waals surface area contributed by atoms with Crippen molar-refractivity contribution in [2.24, 2.45) is 0 Å². The lowest BCUT2D eigenvalue weighted by Gasteiger charge is -2.40. The van der Waals surface area contributed by atoms with Gasteiger partial charge < -0.3 is 9.64 Å². The Bertz CT molecular complexity index is 677. The highest BCUT2D eigenvalue weighted by Gasteiger charge is 2.44. The SMILES string of the molecule is COc1ncccc1C(=O)N1CC(S(=O)(=O)C2CCCCC2)C1. The van der Waals surface area contributed by atoms with Gasteiger partial charge in [-0.2, -0.15) is 0 Å². The second kappa shape index (κ2) is 6.47. The van der Waals surface area contributed by atoms with Crippen molar-refractivity contribution >= 4 is 15.7 Å². The summed E-state index contributed by atoms with van der Waals surface area (Å²) in [6, 6.07) is 3.32. The van der Waals surface area contributed by atoms with Gasteiger partial charge in [0.05, 0.1) is 17.6 Å². The number of hydrogen-bond donors (Lipinski definition) is 0. The normalized spacial score (nSPS) is 20.1. The molecule has 1 aromatic rings. The zero-order valence-electron chi connectivity index (χ0n) is 13.3. The molecule has 2 heterocycles. The molecule has 0 unspecified atom stereocenters. The number of amides is 1. The Kier molecular flexibility index (Phi) is 4.57. The maximum atomic E-state index is 12.6. The van der Waals surface area contributed by atoms with Crippen molar-refractivity contribution in [2.45, 2.75) is 42.6 Å². The highest BCUT2D eigenvalue weighted by Crippen LogP contribution is 2.30. The number of ether oxygens (including phenoxy) is 1. The molecular weight excluding hydrogens is 316 g/mol. The molecule has 2 aliphatic rings. The van der Waals surface area contributed by atoms with Gasteiger partial charge >= 0.3 is 0 Å². The number of carbonyl (C=O) groups is 1. The highest BCUT2D eigenvalue weighted by atomic mass is 32.2. The Labute approximate surface area is 136 Å². The summed E-state index contributed by atoms with van der Waals surface area (Å²) in [5.41, 5.74) is 0.378. The first kappa shape index (κ1) is 16.2. The third-order valence-electron chi connectivity index (χ3n) is 4.81. The summed E-state index contributed by atoms with van der Waals surface area (Å²) in [5.74, 6) is 0.0566. The summed E-state index contributed by atoms with van der Waals surface area (Å²) in [6.07, 6.45) is 6.20. The maximum absolute atomic E-state index is 12.6. The number of likely N-dealkylation sites (tertiary alicyclic amines) is 1. The van der Waals surface area contributed by atoms with Gasteiger partial charge in [0, 0.05) is 19.3 Å². The molecule has 1 amide bonds. The molecule has 0 N–H and O–H groups in total. The number of aromatic nitrogens is 1. The summed E-state index contributed by atoms with van der Waals surface area (Å²) < 4.78 is 30.3. The number of hydrogen-bond acceptors (Lipinski definition) is 5. The van der Waals surface area contributed by atoms with Crippen molar-refractivity contribution in [1.29, 1.82) is 0 Å². The standard InChI is InChI=1S/C16H22N2O4S/c1-22-15-14(8-5-9-17-15)16(19)18-10-13(11-18)23(20,21)12-6-3-2-4-7-12/h5,8-9,12-13H,2-4,6-7,10-11H2,1H3. The molecule has 6 nitrogen and oxygen atoms in total. The molecule has 1 aliphatic heterocycles. The van der Waals surface area contributed by atoms with E-state index in [1.54, 1.807) is 23.2 Å². The molecule has 3 rings (SSSR count). The minimum absolute atomic E-state index is 0.216. The summed E-state index contributed by atoms with van der Waals surface area (Å²) >= 11 is 0. The Balaban J connectivity index is 1.65. The first-order valence-electron chi connectivity index (χ1n) is 8.05. The average molecular weight is 338 g/mol. The van der Waals surface area contributed by atoms with E-state index in [2.05, 4.69) is 4.98 Å². The Hall–Kier alpha value is -1.63. The summed E-state index contributed by atoms with van der Waals surface area (Å²) in [6.45, 7) is 0.547. The minimum Gasteiger partial charge on any atom is -0.480 e. The van der Waals surface area contributed by atoms with Crippen LogP contribution >= 0.6 is 0 Å². The van der Waals surface area contributed by atoms with E-state index in [0.29, 0.717) is 5.56 Å². The van der Waals surface area contributed by atoms with Crippen LogP contribution in [-0.2, 0) is 9.84 Å². The fourth-order valence-electron chi connectivity index (χ4n) is 3.36. The molecule has 7 heteroatoms. The molecule has 0 bridgehead atoms. The van der Waals surface area contributed by atoms with Crippen LogP contribution in [0.5, 0.6) is 5.88 Å². The largest absolute Gasteiger partial charge is 0.480 e. The van der Waals surface area contributed by atoms with Crippen LogP contribution in [0.25, 0.3) is 0 Å². The van der Waals surface area contributed by atoms with E-state index in [1.165, 1.54) is 7.11 Å². The number of nitrogens with zero attached hydrogens (tertiary/aromatic N) is 2. The van der Waals surface area contributed by atoms with Gasteiger partial charge in [0.1, 0.15) is 5.56 Å². The highest BCUT2D eigenvalue weighted by molar-refractivity contribution is 7.92. The van der Waals surface area contributed by atoms with Crippen LogP contribution in [0.2, 0.25) is 0 Å². The van der Waals surface area contributed by atoms with Crippen LogP contribution in [0.15, 0.2) is 18.3 Å². The fraction of sp³-hybridized carbons (Fsp3) is 0.625. The third-order valence-corrected chi connectivity index (χ3v) is 7.44. The van der Waals surface area contributed by atoms with E-state index in [1.807, 2.05) is 0 Å². The molecular formula is C16H22N2O4S. The van der Waals surface area contributed by atoms with Gasteiger partial charge in [-0.05, 0) is 25.0 Å². The lowest BCUT2D eigenvalue weighted by Crippen LogP contribution is -2.58. The molecule has 0 aromatic carbocycles. The average Bonchev–Trinajstić information content (AvgIpc) is 2.54. The molecule has 2 fully saturated rings. The lowest BCUT2D eigenvalue weighted by atomic mass is 10.0. The van der Waals surface area contributed by atoms with Gasteiger partial charge in [-0.15, -0.1) is 0 Å². The molecule has 1 aliphatic carbocycles. The van der Waals surface area contributed by atoms with E-state index in [4.69, 9.17) is 4.74 Å². The zero-order chi connectivity index (χ0) is 16.4. The molecule has 1 aromatic heterocycles. The first-order chi connectivity index (χ1) is 11.0. The topological polar surface area (TPSA) is 76.6 Å². The number of carbonyl (C=O) groups excluding carboxylic acids is 1. The molecule has 0 radical (unpaired) electrons. The quantitative estimate of drug-likeness (QED) is 0.834. The first-order valence-corrected chi connectivity index (χ1v) is 9.66. The van der Waals surface area contributed by atoms with Gasteiger partial charge in [-0.3, -0.25) is 4.79 Å². The second-order valence-corrected chi connectivity index (χ2v) is 8.75. The maximum Gasteiger partial charge on any atom is 0.259 e. The zero-order valence-corrected chi connectivity index (χ0v) is 14.1. The molecule has 0 spiro atoms. The van der Waals surface area contributed by atoms with Gasteiger partial charge in [-0.1, -0.05) is 19.3 Å². The summed E-state index contributed by atoms with van der Waals surface area (Å²) in [4.78, 5) is 18.0. The van der Waals surface area contributed by atoms with Crippen molar-refractivity contribution in [2.75, 3.05) is 20.2 Å². The van der Waals surface area contributed by atoms with Crippen molar-refractivity contribution < 1.29 is 17.9 Å². The molecule has 1 saturated carbocycles. The molecule has 0 atom stereocenters. The number of sulfone groups is 1. The summed E-state index contributed by atoms with van der Waals surface area (Å²) in [5, 5.41) is -0.636. The Morgan fingerprint density at radius 2 is 1.91 bits per heavy atom. The van der Waals surface area contributed by atoms with E-state index in [9.17, 15) is 13.2 Å². The van der Waals surface area contributed by atoms with E-state index in [0.717, 1.165) is 32.1 Å².